The Morgan fingerprint density at radius 3 is 2.75 bits per heavy atom. The van der Waals surface area contributed by atoms with Crippen molar-refractivity contribution in [2.75, 3.05) is 5.73 Å². The van der Waals surface area contributed by atoms with Gasteiger partial charge in [0.05, 0.1) is 18.2 Å². The molecule has 7 heteroatoms. The van der Waals surface area contributed by atoms with Gasteiger partial charge in [0, 0.05) is 12.1 Å². The number of nitrogen functional groups attached to an aromatic ring is 1. The number of anilines is 1. The molecule has 0 saturated heterocycles. The average molecular weight is 279 g/mol. The van der Waals surface area contributed by atoms with E-state index in [9.17, 15) is 20.1 Å². The highest BCUT2D eigenvalue weighted by atomic mass is 16.3. The van der Waals surface area contributed by atoms with Gasteiger partial charge in [0.2, 0.25) is 0 Å². The van der Waals surface area contributed by atoms with Crippen molar-refractivity contribution in [1.29, 1.82) is 0 Å². The summed E-state index contributed by atoms with van der Waals surface area (Å²) in [5, 5.41) is 30.0. The zero-order valence-corrected chi connectivity index (χ0v) is 10.8. The first kappa shape index (κ1) is 13.3. The summed E-state index contributed by atoms with van der Waals surface area (Å²) >= 11 is 0. The molecule has 7 nitrogen and oxygen atoms in total. The lowest BCUT2D eigenvalue weighted by molar-refractivity contribution is -0.00391. The van der Waals surface area contributed by atoms with Crippen LogP contribution in [0.15, 0.2) is 28.7 Å². The Bertz CT molecular complexity index is 612. The van der Waals surface area contributed by atoms with Crippen molar-refractivity contribution in [2.24, 2.45) is 5.92 Å². The van der Waals surface area contributed by atoms with E-state index >= 15 is 0 Å². The first-order valence-corrected chi connectivity index (χ1v) is 6.58. The average Bonchev–Trinajstić information content (AvgIpc) is 2.63. The molecule has 1 aromatic heterocycles. The van der Waals surface area contributed by atoms with E-state index < -0.39 is 30.0 Å². The molecule has 1 saturated carbocycles. The fourth-order valence-electron chi connectivity index (χ4n) is 3.21. The summed E-state index contributed by atoms with van der Waals surface area (Å²) < 4.78 is 1.29. The highest BCUT2D eigenvalue weighted by Gasteiger charge is 2.48. The van der Waals surface area contributed by atoms with Crippen LogP contribution in [0.1, 0.15) is 18.9 Å². The summed E-state index contributed by atoms with van der Waals surface area (Å²) in [5.74, 6) is -0.216. The summed E-state index contributed by atoms with van der Waals surface area (Å²) in [6.45, 7) is 0. The highest BCUT2D eigenvalue weighted by molar-refractivity contribution is 5.29. The maximum atomic E-state index is 11.9. The number of aromatic nitrogens is 2. The fraction of sp³-hybridized carbons (Fsp3) is 0.538. The molecule has 20 heavy (non-hydrogen) atoms. The molecule has 2 aliphatic carbocycles. The SMILES string of the molecule is Nc1ccn([C@@H]2C3=CC[C@H](O)C[C@@H]3[C@@H](O)[C@H]2O)c(=O)n1. The molecule has 5 atom stereocenters. The molecule has 0 bridgehead atoms. The van der Waals surface area contributed by atoms with Gasteiger partial charge in [-0.25, -0.2) is 4.79 Å². The van der Waals surface area contributed by atoms with Crippen molar-refractivity contribution in [2.45, 2.75) is 37.2 Å². The first-order chi connectivity index (χ1) is 9.49. The quantitative estimate of drug-likeness (QED) is 0.479. The molecule has 2 aliphatic rings. The molecule has 1 aromatic rings. The Balaban J connectivity index is 2.06. The van der Waals surface area contributed by atoms with Gasteiger partial charge >= 0.3 is 5.69 Å². The minimum atomic E-state index is -1.10. The fourth-order valence-corrected chi connectivity index (χ4v) is 3.21. The molecular weight excluding hydrogens is 262 g/mol. The van der Waals surface area contributed by atoms with E-state index in [1.807, 2.05) is 0 Å². The van der Waals surface area contributed by atoms with Crippen LogP contribution in [0.4, 0.5) is 5.82 Å². The van der Waals surface area contributed by atoms with E-state index in [-0.39, 0.29) is 11.7 Å². The number of fused-ring (bicyclic) bond motifs is 1. The van der Waals surface area contributed by atoms with Crippen molar-refractivity contribution < 1.29 is 15.3 Å². The lowest BCUT2D eigenvalue weighted by atomic mass is 9.86. The predicted molar refractivity (Wildman–Crippen MR) is 70.8 cm³/mol. The lowest BCUT2D eigenvalue weighted by Gasteiger charge is -2.25. The zero-order chi connectivity index (χ0) is 14.4. The van der Waals surface area contributed by atoms with E-state index in [2.05, 4.69) is 4.98 Å². The summed E-state index contributed by atoms with van der Waals surface area (Å²) in [6, 6.07) is 0.828. The number of aliphatic hydroxyl groups excluding tert-OH is 3. The first-order valence-electron chi connectivity index (χ1n) is 6.58. The molecule has 1 fully saturated rings. The molecule has 1 heterocycles. The molecule has 0 radical (unpaired) electrons. The normalized spacial score (nSPS) is 36.5. The van der Waals surface area contributed by atoms with Crippen LogP contribution in [0.3, 0.4) is 0 Å². The summed E-state index contributed by atoms with van der Waals surface area (Å²) in [5.41, 5.74) is 5.67. The van der Waals surface area contributed by atoms with Gasteiger partial charge < -0.3 is 21.1 Å². The van der Waals surface area contributed by atoms with Crippen LogP contribution in [0, 0.1) is 5.92 Å². The van der Waals surface area contributed by atoms with Gasteiger partial charge in [-0.2, -0.15) is 4.98 Å². The lowest BCUT2D eigenvalue weighted by Crippen LogP contribution is -2.35. The molecule has 0 unspecified atom stereocenters. The topological polar surface area (TPSA) is 122 Å². The van der Waals surface area contributed by atoms with Crippen LogP contribution in [0.2, 0.25) is 0 Å². The smallest absolute Gasteiger partial charge is 0.350 e. The van der Waals surface area contributed by atoms with Crippen LogP contribution in [0.25, 0.3) is 0 Å². The Kier molecular flexibility index (Phi) is 3.12. The zero-order valence-electron chi connectivity index (χ0n) is 10.8. The maximum absolute atomic E-state index is 11.9. The van der Waals surface area contributed by atoms with Gasteiger partial charge in [0.1, 0.15) is 11.9 Å². The highest BCUT2D eigenvalue weighted by Crippen LogP contribution is 2.44. The third kappa shape index (κ3) is 1.94. The molecule has 0 aromatic carbocycles. The van der Waals surface area contributed by atoms with Gasteiger partial charge in [0.15, 0.2) is 0 Å². The largest absolute Gasteiger partial charge is 0.393 e. The van der Waals surface area contributed by atoms with Gasteiger partial charge in [-0.3, -0.25) is 4.57 Å². The minimum absolute atomic E-state index is 0.115. The standard InChI is InChI=1S/C13H17N3O4/c14-9-3-4-16(13(20)15-9)10-7-2-1-6(17)5-8(7)11(18)12(10)19/h2-4,6,8,10-12,17-19H,1,5H2,(H2,14,15,20)/t6-,8-,10+,11+,12-/m0/s1. The third-order valence-electron chi connectivity index (χ3n) is 4.16. The Labute approximate surface area is 115 Å². The summed E-state index contributed by atoms with van der Waals surface area (Å²) in [7, 11) is 0. The van der Waals surface area contributed by atoms with Crippen LogP contribution in [-0.4, -0.2) is 43.2 Å². The summed E-state index contributed by atoms with van der Waals surface area (Å²) in [6.07, 6.45) is 1.50. The monoisotopic (exact) mass is 279 g/mol. The third-order valence-corrected chi connectivity index (χ3v) is 4.16. The summed E-state index contributed by atoms with van der Waals surface area (Å²) in [4.78, 5) is 15.6. The second-order valence-electron chi connectivity index (χ2n) is 5.40. The molecule has 0 aliphatic heterocycles. The van der Waals surface area contributed by atoms with Crippen molar-refractivity contribution in [3.8, 4) is 0 Å². The Morgan fingerprint density at radius 1 is 1.30 bits per heavy atom. The van der Waals surface area contributed by atoms with E-state index in [0.717, 1.165) is 5.57 Å². The van der Waals surface area contributed by atoms with Crippen molar-refractivity contribution in [1.82, 2.24) is 9.55 Å². The van der Waals surface area contributed by atoms with Crippen molar-refractivity contribution >= 4 is 5.82 Å². The molecule has 5 N–H and O–H groups in total. The van der Waals surface area contributed by atoms with Crippen LogP contribution >= 0.6 is 0 Å². The van der Waals surface area contributed by atoms with E-state index in [0.29, 0.717) is 12.8 Å². The van der Waals surface area contributed by atoms with Crippen LogP contribution < -0.4 is 11.4 Å². The Hall–Kier alpha value is -1.70. The molecule has 0 spiro atoms. The van der Waals surface area contributed by atoms with Crippen molar-refractivity contribution in [3.05, 3.63) is 34.4 Å². The van der Waals surface area contributed by atoms with Gasteiger partial charge in [-0.1, -0.05) is 6.08 Å². The van der Waals surface area contributed by atoms with Crippen LogP contribution in [0.5, 0.6) is 0 Å². The van der Waals surface area contributed by atoms with Crippen molar-refractivity contribution in [3.63, 3.8) is 0 Å². The number of hydrogen-bond acceptors (Lipinski definition) is 6. The Morgan fingerprint density at radius 2 is 2.05 bits per heavy atom. The van der Waals surface area contributed by atoms with Gasteiger partial charge in [-0.05, 0) is 24.5 Å². The van der Waals surface area contributed by atoms with E-state index in [1.165, 1.54) is 16.8 Å². The van der Waals surface area contributed by atoms with Crippen LogP contribution in [-0.2, 0) is 0 Å². The number of hydrogen-bond donors (Lipinski definition) is 4. The maximum Gasteiger partial charge on any atom is 0.350 e. The van der Waals surface area contributed by atoms with Gasteiger partial charge in [0.25, 0.3) is 0 Å². The molecule has 108 valence electrons. The number of aliphatic hydroxyl groups is 3. The molecular formula is C13H17N3O4. The minimum Gasteiger partial charge on any atom is -0.393 e. The molecule has 3 rings (SSSR count). The number of nitrogens with zero attached hydrogens (tertiary/aromatic N) is 2. The predicted octanol–water partition coefficient (Wildman–Crippen LogP) is -1.20. The molecule has 0 amide bonds. The van der Waals surface area contributed by atoms with E-state index in [1.54, 1.807) is 6.08 Å². The second-order valence-corrected chi connectivity index (χ2v) is 5.40. The second kappa shape index (κ2) is 4.69. The number of nitrogens with two attached hydrogens (primary N) is 1. The van der Waals surface area contributed by atoms with Gasteiger partial charge in [-0.15, -0.1) is 0 Å². The number of rotatable bonds is 1. The van der Waals surface area contributed by atoms with E-state index in [4.69, 9.17) is 5.73 Å².